The van der Waals surface area contributed by atoms with Gasteiger partial charge in [-0.1, -0.05) is 114 Å². The monoisotopic (exact) mass is 459 g/mol. The second-order valence-corrected chi connectivity index (χ2v) is 11.0. The number of hydrogen-bond acceptors (Lipinski definition) is 2. The molecular weight excluding hydrogens is 413 g/mol. The fourth-order valence-corrected chi connectivity index (χ4v) is 5.47. The molecule has 2 aromatic carbocycles. The van der Waals surface area contributed by atoms with E-state index < -0.39 is 7.37 Å². The van der Waals surface area contributed by atoms with Crippen molar-refractivity contribution in [3.8, 4) is 0 Å². The average Bonchev–Trinajstić information content (AvgIpc) is 2.84. The van der Waals surface area contributed by atoms with Crippen molar-refractivity contribution in [1.29, 1.82) is 0 Å². The summed E-state index contributed by atoms with van der Waals surface area (Å²) in [6.07, 6.45) is 11.1. The number of hydrogen-bond donors (Lipinski definition) is 0. The Hall–Kier alpha value is -1.41. The molecule has 0 heterocycles. The Labute approximate surface area is 197 Å². The van der Waals surface area contributed by atoms with Crippen molar-refractivity contribution in [2.75, 3.05) is 26.2 Å². The van der Waals surface area contributed by atoms with Crippen LogP contribution in [0.15, 0.2) is 60.7 Å². The quantitative estimate of drug-likeness (QED) is 0.246. The highest BCUT2D eigenvalue weighted by Gasteiger charge is 2.24. The lowest BCUT2D eigenvalue weighted by Gasteiger charge is -2.39. The first-order valence-corrected chi connectivity index (χ1v) is 14.4. The van der Waals surface area contributed by atoms with Crippen LogP contribution in [0.5, 0.6) is 0 Å². The van der Waals surface area contributed by atoms with Crippen LogP contribution in [0.4, 0.5) is 0 Å². The van der Waals surface area contributed by atoms with E-state index >= 15 is 0 Å². The predicted octanol–water partition coefficient (Wildman–Crippen LogP) is 6.28. The van der Waals surface area contributed by atoms with Gasteiger partial charge in [0.15, 0.2) is 0 Å². The van der Waals surface area contributed by atoms with Crippen molar-refractivity contribution in [3.63, 3.8) is 0 Å². The van der Waals surface area contributed by atoms with Crippen molar-refractivity contribution in [2.45, 2.75) is 79.1 Å². The van der Waals surface area contributed by atoms with Gasteiger partial charge in [-0.2, -0.15) is 0 Å². The normalized spacial score (nSPS) is 11.7. The van der Waals surface area contributed by atoms with Crippen LogP contribution in [0.3, 0.4) is 0 Å². The molecule has 4 heteroatoms. The zero-order valence-electron chi connectivity index (χ0n) is 21.0. The predicted molar refractivity (Wildman–Crippen MR) is 139 cm³/mol. The summed E-state index contributed by atoms with van der Waals surface area (Å²) in [7, 11) is -3.65. The number of rotatable bonds is 14. The Morgan fingerprint density at radius 1 is 0.594 bits per heavy atom. The lowest BCUT2D eigenvalue weighted by molar-refractivity contribution is -0.929. The first kappa shape index (κ1) is 28.6. The molecule has 0 aliphatic heterocycles. The third kappa shape index (κ3) is 10.0. The van der Waals surface area contributed by atoms with Crippen LogP contribution in [0.2, 0.25) is 0 Å². The summed E-state index contributed by atoms with van der Waals surface area (Å²) in [5.74, 6) is 0. The SMILES string of the molecule is CCCC[N+](CCCC)(CCCC)CCCC.O=P([O-])(c1ccccc1)c1ccccc1. The van der Waals surface area contributed by atoms with Gasteiger partial charge in [0.2, 0.25) is 0 Å². The Morgan fingerprint density at radius 2 is 0.875 bits per heavy atom. The summed E-state index contributed by atoms with van der Waals surface area (Å²) >= 11 is 0. The molecule has 0 N–H and O–H groups in total. The van der Waals surface area contributed by atoms with E-state index in [0.717, 1.165) is 0 Å². The molecule has 0 aliphatic carbocycles. The Bertz CT molecular complexity index is 668. The van der Waals surface area contributed by atoms with E-state index in [4.69, 9.17) is 0 Å². The summed E-state index contributed by atoms with van der Waals surface area (Å²) in [4.78, 5) is 12.1. The van der Waals surface area contributed by atoms with Crippen molar-refractivity contribution in [1.82, 2.24) is 0 Å². The second-order valence-electron chi connectivity index (χ2n) is 8.87. The Balaban J connectivity index is 0.000000321. The molecule has 0 aliphatic rings. The molecule has 0 amide bonds. The molecule has 0 unspecified atom stereocenters. The summed E-state index contributed by atoms with van der Waals surface area (Å²) in [5, 5.41) is 0.715. The maximum absolute atomic E-state index is 12.1. The molecule has 0 radical (unpaired) electrons. The first-order chi connectivity index (χ1) is 15.5. The van der Waals surface area contributed by atoms with E-state index in [1.807, 2.05) is 0 Å². The number of nitrogens with zero attached hydrogens (tertiary/aromatic N) is 1. The van der Waals surface area contributed by atoms with Crippen LogP contribution < -0.4 is 15.5 Å². The number of unbranched alkanes of at least 4 members (excludes halogenated alkanes) is 4. The topological polar surface area (TPSA) is 40.1 Å². The summed E-state index contributed by atoms with van der Waals surface area (Å²) < 4.78 is 13.5. The van der Waals surface area contributed by atoms with Gasteiger partial charge >= 0.3 is 0 Å². The molecular formula is C28H46NO2P. The fraction of sp³-hybridized carbons (Fsp3) is 0.571. The Morgan fingerprint density at radius 3 is 1.12 bits per heavy atom. The van der Waals surface area contributed by atoms with E-state index in [9.17, 15) is 9.46 Å². The van der Waals surface area contributed by atoms with Crippen LogP contribution in [-0.4, -0.2) is 30.7 Å². The average molecular weight is 460 g/mol. The Kier molecular flexibility index (Phi) is 14.5. The molecule has 0 saturated carbocycles. The minimum Gasteiger partial charge on any atom is -0.793 e. The molecule has 0 aromatic heterocycles. The second kappa shape index (κ2) is 16.2. The van der Waals surface area contributed by atoms with Crippen LogP contribution in [0.25, 0.3) is 0 Å². The lowest BCUT2D eigenvalue weighted by Crippen LogP contribution is -2.50. The molecule has 3 nitrogen and oxygen atoms in total. The van der Waals surface area contributed by atoms with Crippen LogP contribution in [-0.2, 0) is 4.57 Å². The minimum absolute atomic E-state index is 0.358. The van der Waals surface area contributed by atoms with Gasteiger partial charge in [0.05, 0.1) is 33.5 Å². The third-order valence-electron chi connectivity index (χ3n) is 6.14. The molecule has 180 valence electrons. The van der Waals surface area contributed by atoms with Crippen molar-refractivity contribution >= 4 is 18.0 Å². The number of quaternary nitrogens is 1. The summed E-state index contributed by atoms with van der Waals surface area (Å²) in [6, 6.07) is 16.9. The van der Waals surface area contributed by atoms with Crippen LogP contribution in [0.1, 0.15) is 79.1 Å². The van der Waals surface area contributed by atoms with Crippen molar-refractivity contribution in [3.05, 3.63) is 60.7 Å². The maximum atomic E-state index is 12.1. The van der Waals surface area contributed by atoms with Crippen LogP contribution in [0, 0.1) is 0 Å². The highest BCUT2D eigenvalue weighted by atomic mass is 31.2. The fourth-order valence-electron chi connectivity index (χ4n) is 4.04. The molecule has 0 spiro atoms. The maximum Gasteiger partial charge on any atom is 0.0786 e. The third-order valence-corrected chi connectivity index (χ3v) is 8.09. The molecule has 2 aromatic rings. The molecule has 0 saturated heterocycles. The smallest absolute Gasteiger partial charge is 0.0786 e. The van der Waals surface area contributed by atoms with Gasteiger partial charge in [-0.15, -0.1) is 0 Å². The van der Waals surface area contributed by atoms with Gasteiger partial charge in [0.1, 0.15) is 0 Å². The minimum atomic E-state index is -3.65. The highest BCUT2D eigenvalue weighted by Crippen LogP contribution is 2.32. The first-order valence-electron chi connectivity index (χ1n) is 12.7. The zero-order valence-corrected chi connectivity index (χ0v) is 21.9. The molecule has 2 rings (SSSR count). The van der Waals surface area contributed by atoms with E-state index in [1.54, 1.807) is 60.7 Å². The highest BCUT2D eigenvalue weighted by molar-refractivity contribution is 7.72. The van der Waals surface area contributed by atoms with Gasteiger partial charge in [0.25, 0.3) is 0 Å². The lowest BCUT2D eigenvalue weighted by atomic mass is 10.1. The van der Waals surface area contributed by atoms with Gasteiger partial charge < -0.3 is 13.9 Å². The standard InChI is InChI=1S/C16H36N.C12H11O2P/c1-5-9-13-17(14-10-6-2,15-11-7-3)16-12-8-4;13-15(14,11-7-3-1-4-8-11)12-9-5-2-6-10-12/h5-16H2,1-4H3;1-10H,(H,13,14)/q+1;/p-1. The van der Waals surface area contributed by atoms with Gasteiger partial charge in [-0.05, 0) is 25.7 Å². The van der Waals surface area contributed by atoms with Gasteiger partial charge in [0, 0.05) is 10.6 Å². The molecule has 32 heavy (non-hydrogen) atoms. The molecule has 0 fully saturated rings. The number of benzene rings is 2. The van der Waals surface area contributed by atoms with E-state index in [2.05, 4.69) is 27.7 Å². The summed E-state index contributed by atoms with van der Waals surface area (Å²) in [6.45, 7) is 15.0. The van der Waals surface area contributed by atoms with E-state index in [0.29, 0.717) is 10.6 Å². The van der Waals surface area contributed by atoms with Crippen molar-refractivity contribution in [2.24, 2.45) is 0 Å². The van der Waals surface area contributed by atoms with Crippen LogP contribution >= 0.6 is 7.37 Å². The van der Waals surface area contributed by atoms with E-state index in [-0.39, 0.29) is 0 Å². The largest absolute Gasteiger partial charge is 0.793 e. The zero-order chi connectivity index (χ0) is 23.7. The molecule has 0 atom stereocenters. The molecule has 0 bridgehead atoms. The van der Waals surface area contributed by atoms with Gasteiger partial charge in [-0.25, -0.2) is 0 Å². The van der Waals surface area contributed by atoms with E-state index in [1.165, 1.54) is 82.0 Å². The summed E-state index contributed by atoms with van der Waals surface area (Å²) in [5.41, 5.74) is 0. The van der Waals surface area contributed by atoms with Crippen molar-refractivity contribution < 1.29 is 13.9 Å². The van der Waals surface area contributed by atoms with Gasteiger partial charge in [-0.3, -0.25) is 0 Å².